The lowest BCUT2D eigenvalue weighted by molar-refractivity contribution is -0.159. The Hall–Kier alpha value is -1.35. The number of aliphatic hydroxyl groups is 1. The molecular weight excluding hydrogens is 315 g/mol. The summed E-state index contributed by atoms with van der Waals surface area (Å²) in [5.74, 6) is -1.33. The van der Waals surface area contributed by atoms with Crippen LogP contribution in [-0.4, -0.2) is 46.6 Å². The highest BCUT2D eigenvalue weighted by Gasteiger charge is 2.39. The molecule has 1 N–H and O–H groups in total. The molecule has 23 heavy (non-hydrogen) atoms. The van der Waals surface area contributed by atoms with Crippen LogP contribution in [0.15, 0.2) is 4.52 Å². The molecule has 1 aromatic rings. The summed E-state index contributed by atoms with van der Waals surface area (Å²) >= 11 is 0. The average molecular weight is 335 g/mol. The van der Waals surface area contributed by atoms with Gasteiger partial charge in [-0.3, -0.25) is 0 Å². The molecule has 0 aromatic carbocycles. The number of rotatable bonds is 3. The Morgan fingerprint density at radius 1 is 1.04 bits per heavy atom. The SMILES string of the molecule is OC1CCC(OC2CCN(c3noc(C(F)(F)F)n3)CC2)CC1. The molecule has 1 saturated heterocycles. The second kappa shape index (κ2) is 6.64. The van der Waals surface area contributed by atoms with E-state index in [0.29, 0.717) is 13.1 Å². The number of halogens is 3. The first kappa shape index (κ1) is 16.5. The first-order chi connectivity index (χ1) is 10.9. The molecule has 0 radical (unpaired) electrons. The highest BCUT2D eigenvalue weighted by molar-refractivity contribution is 5.28. The van der Waals surface area contributed by atoms with E-state index in [9.17, 15) is 18.3 Å². The Morgan fingerprint density at radius 3 is 2.22 bits per heavy atom. The van der Waals surface area contributed by atoms with Gasteiger partial charge in [0.25, 0.3) is 5.95 Å². The van der Waals surface area contributed by atoms with E-state index in [1.54, 1.807) is 4.90 Å². The lowest BCUT2D eigenvalue weighted by Gasteiger charge is -2.34. The monoisotopic (exact) mass is 335 g/mol. The van der Waals surface area contributed by atoms with Gasteiger partial charge in [-0.1, -0.05) is 0 Å². The zero-order valence-corrected chi connectivity index (χ0v) is 12.6. The fourth-order valence-electron chi connectivity index (χ4n) is 3.10. The Morgan fingerprint density at radius 2 is 1.65 bits per heavy atom. The summed E-state index contributed by atoms with van der Waals surface area (Å²) in [7, 11) is 0. The van der Waals surface area contributed by atoms with Crippen LogP contribution in [0.3, 0.4) is 0 Å². The number of piperidine rings is 1. The van der Waals surface area contributed by atoms with Gasteiger partial charge in [-0.05, 0) is 43.7 Å². The van der Waals surface area contributed by atoms with Crippen molar-refractivity contribution < 1.29 is 27.5 Å². The minimum atomic E-state index is -4.61. The van der Waals surface area contributed by atoms with Crippen LogP contribution in [-0.2, 0) is 10.9 Å². The van der Waals surface area contributed by atoms with E-state index in [0.717, 1.165) is 38.5 Å². The van der Waals surface area contributed by atoms with Gasteiger partial charge in [-0.15, -0.1) is 0 Å². The van der Waals surface area contributed by atoms with Gasteiger partial charge in [0.1, 0.15) is 0 Å². The normalized spacial score (nSPS) is 27.4. The Balaban J connectivity index is 1.47. The molecule has 0 spiro atoms. The van der Waals surface area contributed by atoms with Crippen molar-refractivity contribution in [2.75, 3.05) is 18.0 Å². The summed E-state index contributed by atoms with van der Waals surface area (Å²) in [6, 6.07) is 0. The molecule has 1 aromatic heterocycles. The van der Waals surface area contributed by atoms with Crippen molar-refractivity contribution in [3.63, 3.8) is 0 Å². The number of aromatic nitrogens is 2. The van der Waals surface area contributed by atoms with Crippen molar-refractivity contribution in [1.82, 2.24) is 10.1 Å². The van der Waals surface area contributed by atoms with Crippen molar-refractivity contribution in [2.45, 2.75) is 63.0 Å². The summed E-state index contributed by atoms with van der Waals surface area (Å²) in [5, 5.41) is 12.9. The molecule has 1 aliphatic heterocycles. The smallest absolute Gasteiger partial charge is 0.393 e. The molecule has 6 nitrogen and oxygen atoms in total. The largest absolute Gasteiger partial charge is 0.471 e. The summed E-state index contributed by atoms with van der Waals surface area (Å²) < 4.78 is 47.7. The standard InChI is InChI=1S/C14H20F3N3O3/c15-14(16,17)12-18-13(19-23-12)20-7-5-11(6-8-20)22-10-3-1-9(21)2-4-10/h9-11,21H,1-8H2. The van der Waals surface area contributed by atoms with E-state index in [-0.39, 0.29) is 24.3 Å². The quantitative estimate of drug-likeness (QED) is 0.914. The molecule has 130 valence electrons. The number of anilines is 1. The highest BCUT2D eigenvalue weighted by atomic mass is 19.4. The maximum Gasteiger partial charge on any atom is 0.471 e. The van der Waals surface area contributed by atoms with Crippen LogP contribution >= 0.6 is 0 Å². The molecule has 1 saturated carbocycles. The fraction of sp³-hybridized carbons (Fsp3) is 0.857. The van der Waals surface area contributed by atoms with Crippen LogP contribution in [0.1, 0.15) is 44.4 Å². The van der Waals surface area contributed by atoms with Crippen LogP contribution in [0, 0.1) is 0 Å². The third-order valence-electron chi connectivity index (χ3n) is 4.41. The van der Waals surface area contributed by atoms with Crippen LogP contribution in [0.4, 0.5) is 19.1 Å². The van der Waals surface area contributed by atoms with E-state index in [2.05, 4.69) is 14.7 Å². The maximum absolute atomic E-state index is 12.5. The van der Waals surface area contributed by atoms with Crippen molar-refractivity contribution >= 4 is 5.95 Å². The molecule has 0 unspecified atom stereocenters. The Labute approximate surface area is 131 Å². The minimum Gasteiger partial charge on any atom is -0.393 e. The lowest BCUT2D eigenvalue weighted by Crippen LogP contribution is -2.39. The molecule has 1 aliphatic carbocycles. The van der Waals surface area contributed by atoms with E-state index in [1.807, 2.05) is 0 Å². The number of nitrogens with zero attached hydrogens (tertiary/aromatic N) is 3. The maximum atomic E-state index is 12.5. The number of alkyl halides is 3. The number of aliphatic hydroxyl groups excluding tert-OH is 1. The van der Waals surface area contributed by atoms with Gasteiger partial charge in [-0.2, -0.15) is 18.2 Å². The van der Waals surface area contributed by atoms with Gasteiger partial charge in [0.2, 0.25) is 0 Å². The second-order valence-electron chi connectivity index (χ2n) is 6.15. The molecule has 3 rings (SSSR count). The van der Waals surface area contributed by atoms with Crippen LogP contribution in [0.25, 0.3) is 0 Å². The Kier molecular flexibility index (Phi) is 4.77. The number of ether oxygens (including phenoxy) is 1. The van der Waals surface area contributed by atoms with Crippen molar-refractivity contribution in [3.05, 3.63) is 5.89 Å². The molecule has 2 aliphatic rings. The zero-order valence-electron chi connectivity index (χ0n) is 12.6. The fourth-order valence-corrected chi connectivity index (χ4v) is 3.10. The third kappa shape index (κ3) is 4.14. The predicted molar refractivity (Wildman–Crippen MR) is 73.9 cm³/mol. The van der Waals surface area contributed by atoms with Gasteiger partial charge < -0.3 is 19.3 Å². The van der Waals surface area contributed by atoms with E-state index >= 15 is 0 Å². The van der Waals surface area contributed by atoms with Gasteiger partial charge in [0.15, 0.2) is 0 Å². The Bertz CT molecular complexity index is 507. The average Bonchev–Trinajstić information content (AvgIpc) is 3.00. The first-order valence-electron chi connectivity index (χ1n) is 7.91. The summed E-state index contributed by atoms with van der Waals surface area (Å²) in [6.45, 7) is 1.08. The minimum absolute atomic E-state index is 0.0171. The molecule has 0 atom stereocenters. The van der Waals surface area contributed by atoms with Crippen molar-refractivity contribution in [2.24, 2.45) is 0 Å². The predicted octanol–water partition coefficient (Wildman–Crippen LogP) is 2.38. The summed E-state index contributed by atoms with van der Waals surface area (Å²) in [4.78, 5) is 5.09. The molecule has 2 heterocycles. The van der Waals surface area contributed by atoms with Crippen molar-refractivity contribution in [1.29, 1.82) is 0 Å². The van der Waals surface area contributed by atoms with Crippen LogP contribution < -0.4 is 4.90 Å². The van der Waals surface area contributed by atoms with Gasteiger partial charge >= 0.3 is 12.1 Å². The molecule has 2 fully saturated rings. The molecular formula is C14H20F3N3O3. The molecule has 9 heteroatoms. The summed E-state index contributed by atoms with van der Waals surface area (Å²) in [5.41, 5.74) is 0. The van der Waals surface area contributed by atoms with E-state index in [4.69, 9.17) is 4.74 Å². The first-order valence-corrected chi connectivity index (χ1v) is 7.91. The topological polar surface area (TPSA) is 71.6 Å². The lowest BCUT2D eigenvalue weighted by atomic mass is 9.94. The molecule has 0 amide bonds. The third-order valence-corrected chi connectivity index (χ3v) is 4.41. The zero-order chi connectivity index (χ0) is 16.4. The number of hydrogen-bond acceptors (Lipinski definition) is 6. The number of hydrogen-bond donors (Lipinski definition) is 1. The highest BCUT2D eigenvalue weighted by Crippen LogP contribution is 2.30. The van der Waals surface area contributed by atoms with E-state index in [1.165, 1.54) is 0 Å². The van der Waals surface area contributed by atoms with Gasteiger partial charge in [-0.25, -0.2) is 0 Å². The summed E-state index contributed by atoms with van der Waals surface area (Å²) in [6.07, 6.45) is 0.152. The second-order valence-corrected chi connectivity index (χ2v) is 6.15. The van der Waals surface area contributed by atoms with Gasteiger partial charge in [0, 0.05) is 13.1 Å². The van der Waals surface area contributed by atoms with E-state index < -0.39 is 12.1 Å². The van der Waals surface area contributed by atoms with Crippen LogP contribution in [0.2, 0.25) is 0 Å². The van der Waals surface area contributed by atoms with Crippen molar-refractivity contribution in [3.8, 4) is 0 Å². The van der Waals surface area contributed by atoms with Gasteiger partial charge in [0.05, 0.1) is 18.3 Å². The van der Waals surface area contributed by atoms with Crippen LogP contribution in [0.5, 0.6) is 0 Å². The molecule has 0 bridgehead atoms.